The van der Waals surface area contributed by atoms with Crippen LogP contribution < -0.4 is 9.08 Å². The average Bonchev–Trinajstić information content (AvgIpc) is 3.77. The van der Waals surface area contributed by atoms with E-state index in [1.165, 1.54) is 6.07 Å². The predicted molar refractivity (Wildman–Crippen MR) is 189 cm³/mol. The SMILES string of the molecule is CN1CCN(CCC(=O)N(C)c2ccc(-c3cnc4[nH]c5ccc(OS(=O)(=O)c6cccs6)cc5c4c3-c3ccccc3)cc2)CC1. The molecular weight excluding hydrogens is 631 g/mol. The van der Waals surface area contributed by atoms with E-state index in [0.717, 1.165) is 88.3 Å². The summed E-state index contributed by atoms with van der Waals surface area (Å²) in [6, 6.07) is 26.5. The van der Waals surface area contributed by atoms with E-state index < -0.39 is 10.1 Å². The van der Waals surface area contributed by atoms with Crippen LogP contribution in [0, 0.1) is 0 Å². The van der Waals surface area contributed by atoms with Gasteiger partial charge in [0.2, 0.25) is 5.91 Å². The largest absolute Gasteiger partial charge is 0.378 e. The van der Waals surface area contributed by atoms with Crippen molar-refractivity contribution >= 4 is 55.0 Å². The van der Waals surface area contributed by atoms with Crippen LogP contribution in [0.4, 0.5) is 5.69 Å². The van der Waals surface area contributed by atoms with Crippen LogP contribution in [0.2, 0.25) is 0 Å². The first kappa shape index (κ1) is 31.1. The highest BCUT2D eigenvalue weighted by Gasteiger charge is 2.22. The van der Waals surface area contributed by atoms with Gasteiger partial charge >= 0.3 is 10.1 Å². The number of carbonyl (C=O) groups is 1. The minimum Gasteiger partial charge on any atom is -0.378 e. The van der Waals surface area contributed by atoms with Crippen molar-refractivity contribution in [2.75, 3.05) is 51.7 Å². The van der Waals surface area contributed by atoms with Crippen molar-refractivity contribution in [1.29, 1.82) is 0 Å². The molecule has 240 valence electrons. The Morgan fingerprint density at radius 3 is 2.45 bits per heavy atom. The molecular formula is C36H35N5O4S2. The van der Waals surface area contributed by atoms with Gasteiger partial charge in [0, 0.05) is 85.5 Å². The van der Waals surface area contributed by atoms with E-state index in [4.69, 9.17) is 9.17 Å². The van der Waals surface area contributed by atoms with E-state index in [2.05, 4.69) is 34.0 Å². The zero-order valence-corrected chi connectivity index (χ0v) is 27.9. The monoisotopic (exact) mass is 665 g/mol. The molecule has 0 spiro atoms. The normalized spacial score (nSPS) is 14.5. The second-order valence-corrected chi connectivity index (χ2v) is 14.6. The molecule has 0 bridgehead atoms. The van der Waals surface area contributed by atoms with Crippen LogP contribution in [-0.4, -0.2) is 80.9 Å². The first-order valence-corrected chi connectivity index (χ1v) is 17.8. The lowest BCUT2D eigenvalue weighted by atomic mass is 9.92. The number of aromatic amines is 1. The maximum absolute atomic E-state index is 13.1. The number of nitrogens with zero attached hydrogens (tertiary/aromatic N) is 4. The van der Waals surface area contributed by atoms with E-state index in [0.29, 0.717) is 12.1 Å². The molecule has 1 N–H and O–H groups in total. The summed E-state index contributed by atoms with van der Waals surface area (Å²) >= 11 is 1.11. The quantitative estimate of drug-likeness (QED) is 0.177. The second kappa shape index (κ2) is 12.9. The smallest absolute Gasteiger partial charge is 0.348 e. The van der Waals surface area contributed by atoms with Gasteiger partial charge in [-0.1, -0.05) is 48.5 Å². The van der Waals surface area contributed by atoms with E-state index in [1.807, 2.05) is 61.8 Å². The number of anilines is 1. The van der Waals surface area contributed by atoms with Gasteiger partial charge < -0.3 is 23.9 Å². The van der Waals surface area contributed by atoms with Gasteiger partial charge in [-0.25, -0.2) is 4.98 Å². The van der Waals surface area contributed by atoms with Crippen LogP contribution in [0.1, 0.15) is 6.42 Å². The predicted octanol–water partition coefficient (Wildman–Crippen LogP) is 6.48. The fourth-order valence-electron chi connectivity index (χ4n) is 6.09. The van der Waals surface area contributed by atoms with Gasteiger partial charge in [-0.05, 0) is 60.0 Å². The molecule has 1 aliphatic rings. The minimum absolute atomic E-state index is 0.0858. The molecule has 0 radical (unpaired) electrons. The molecule has 0 atom stereocenters. The summed E-state index contributed by atoms with van der Waals surface area (Å²) < 4.78 is 31.5. The molecule has 0 saturated carbocycles. The van der Waals surface area contributed by atoms with Crippen molar-refractivity contribution in [3.8, 4) is 28.0 Å². The van der Waals surface area contributed by atoms with Gasteiger partial charge in [0.15, 0.2) is 4.21 Å². The topological polar surface area (TPSA) is 98.8 Å². The van der Waals surface area contributed by atoms with Crippen molar-refractivity contribution in [1.82, 2.24) is 19.8 Å². The van der Waals surface area contributed by atoms with Crippen molar-refractivity contribution in [2.24, 2.45) is 0 Å². The summed E-state index contributed by atoms with van der Waals surface area (Å²) in [5, 5.41) is 3.37. The molecule has 1 saturated heterocycles. The Bertz CT molecular complexity index is 2140. The summed E-state index contributed by atoms with van der Waals surface area (Å²) in [6.45, 7) is 4.80. The summed E-state index contributed by atoms with van der Waals surface area (Å²) in [5.74, 6) is 0.309. The second-order valence-electron chi connectivity index (χ2n) is 11.8. The molecule has 1 aliphatic heterocycles. The van der Waals surface area contributed by atoms with Crippen LogP contribution in [0.15, 0.2) is 101 Å². The maximum Gasteiger partial charge on any atom is 0.348 e. The molecule has 4 heterocycles. The number of aromatic nitrogens is 2. The zero-order chi connectivity index (χ0) is 32.5. The molecule has 47 heavy (non-hydrogen) atoms. The number of amides is 1. The number of thiophene rings is 1. The fourth-order valence-corrected chi connectivity index (χ4v) is 7.96. The molecule has 11 heteroatoms. The first-order valence-electron chi connectivity index (χ1n) is 15.5. The standard InChI is InChI=1S/C36H35N5O4S2/c1-39-18-20-41(21-19-39)17-16-32(42)40(2)27-12-10-25(11-13-27)30-24-37-36-35(34(30)26-7-4-3-5-8-26)29-23-28(14-15-31(29)38-36)45-47(43,44)33-9-6-22-46-33/h3-15,22-24H,16-21H2,1-2H3,(H,37,38). The number of rotatable bonds is 9. The van der Waals surface area contributed by atoms with Crippen molar-refractivity contribution in [3.63, 3.8) is 0 Å². The van der Waals surface area contributed by atoms with Crippen LogP contribution in [0.25, 0.3) is 44.2 Å². The number of fused-ring (bicyclic) bond motifs is 3. The molecule has 7 rings (SSSR count). The number of piperazine rings is 1. The highest BCUT2D eigenvalue weighted by Crippen LogP contribution is 2.41. The van der Waals surface area contributed by atoms with Gasteiger partial charge in [-0.15, -0.1) is 11.3 Å². The molecule has 9 nitrogen and oxygen atoms in total. The molecule has 6 aromatic rings. The fraction of sp³-hybridized carbons (Fsp3) is 0.222. The van der Waals surface area contributed by atoms with Crippen molar-refractivity contribution in [3.05, 3.63) is 96.5 Å². The van der Waals surface area contributed by atoms with E-state index in [1.54, 1.807) is 28.5 Å². The number of hydrogen-bond acceptors (Lipinski definition) is 8. The summed E-state index contributed by atoms with van der Waals surface area (Å²) in [7, 11) is 0.00125. The van der Waals surface area contributed by atoms with Gasteiger partial charge in [-0.2, -0.15) is 8.42 Å². The lowest BCUT2D eigenvalue weighted by Gasteiger charge is -2.32. The number of nitrogens with one attached hydrogen (secondary N) is 1. The molecule has 3 aromatic carbocycles. The summed E-state index contributed by atoms with van der Waals surface area (Å²) in [4.78, 5) is 27.7. The molecule has 3 aromatic heterocycles. The van der Waals surface area contributed by atoms with Gasteiger partial charge in [0.05, 0.1) is 0 Å². The Morgan fingerprint density at radius 2 is 1.72 bits per heavy atom. The molecule has 0 unspecified atom stereocenters. The Morgan fingerprint density at radius 1 is 0.957 bits per heavy atom. The highest BCUT2D eigenvalue weighted by atomic mass is 32.3. The minimum atomic E-state index is -3.96. The molecule has 1 amide bonds. The third kappa shape index (κ3) is 6.39. The van der Waals surface area contributed by atoms with Crippen molar-refractivity contribution in [2.45, 2.75) is 10.6 Å². The first-order chi connectivity index (χ1) is 22.8. The van der Waals surface area contributed by atoms with Crippen LogP contribution in [0.3, 0.4) is 0 Å². The average molecular weight is 666 g/mol. The lowest BCUT2D eigenvalue weighted by Crippen LogP contribution is -2.45. The lowest BCUT2D eigenvalue weighted by molar-refractivity contribution is -0.118. The van der Waals surface area contributed by atoms with Crippen LogP contribution >= 0.6 is 11.3 Å². The number of hydrogen-bond donors (Lipinski definition) is 1. The molecule has 0 aliphatic carbocycles. The number of H-pyrrole nitrogens is 1. The number of benzene rings is 3. The number of pyridine rings is 1. The Hall–Kier alpha value is -4.55. The Balaban J connectivity index is 1.22. The maximum atomic E-state index is 13.1. The molecule has 1 fully saturated rings. The number of carbonyl (C=O) groups excluding carboxylic acids is 1. The van der Waals surface area contributed by atoms with Crippen molar-refractivity contribution < 1.29 is 17.4 Å². The van der Waals surface area contributed by atoms with Gasteiger partial charge in [0.25, 0.3) is 0 Å². The summed E-state index contributed by atoms with van der Waals surface area (Å²) in [6.07, 6.45) is 2.33. The number of likely N-dealkylation sites (N-methyl/N-ethyl adjacent to an activating group) is 1. The van der Waals surface area contributed by atoms with Crippen LogP contribution in [0.5, 0.6) is 5.75 Å². The highest BCUT2D eigenvalue weighted by molar-refractivity contribution is 7.89. The van der Waals surface area contributed by atoms with Gasteiger partial charge in [0.1, 0.15) is 11.4 Å². The van der Waals surface area contributed by atoms with E-state index in [-0.39, 0.29) is 15.9 Å². The Labute approximate surface area is 278 Å². The Kier molecular flexibility index (Phi) is 8.54. The third-order valence-electron chi connectivity index (χ3n) is 8.78. The zero-order valence-electron chi connectivity index (χ0n) is 26.2. The van der Waals surface area contributed by atoms with Crippen LogP contribution in [-0.2, 0) is 14.9 Å². The van der Waals surface area contributed by atoms with E-state index in [9.17, 15) is 13.2 Å². The van der Waals surface area contributed by atoms with Gasteiger partial charge in [-0.3, -0.25) is 4.79 Å². The third-order valence-corrected chi connectivity index (χ3v) is 11.4. The summed E-state index contributed by atoms with van der Waals surface area (Å²) in [5.41, 5.74) is 6.14. The van der Waals surface area contributed by atoms with E-state index >= 15 is 0 Å².